The minimum absolute atomic E-state index is 0.0592. The molecule has 27 heavy (non-hydrogen) atoms. The van der Waals surface area contributed by atoms with E-state index >= 15 is 0 Å². The molecule has 0 saturated heterocycles. The van der Waals surface area contributed by atoms with Crippen LogP contribution in [-0.2, 0) is 26.1 Å². The lowest BCUT2D eigenvalue weighted by Gasteiger charge is -2.08. The number of benzene rings is 1. The summed E-state index contributed by atoms with van der Waals surface area (Å²) in [5, 5.41) is 0. The third-order valence-corrected chi connectivity index (χ3v) is 5.71. The van der Waals surface area contributed by atoms with Crippen molar-refractivity contribution in [3.8, 4) is 0 Å². The largest absolute Gasteiger partial charge is 0.456 e. The second-order valence-electron chi connectivity index (χ2n) is 6.25. The number of esters is 1. The van der Waals surface area contributed by atoms with Crippen molar-refractivity contribution >= 4 is 21.8 Å². The van der Waals surface area contributed by atoms with Gasteiger partial charge >= 0.3 is 5.97 Å². The molecule has 0 unspecified atom stereocenters. The van der Waals surface area contributed by atoms with Crippen molar-refractivity contribution in [3.05, 3.63) is 52.8 Å². The van der Waals surface area contributed by atoms with Crippen molar-refractivity contribution in [1.82, 2.24) is 9.29 Å². The van der Waals surface area contributed by atoms with Crippen molar-refractivity contribution < 1.29 is 22.7 Å². The van der Waals surface area contributed by atoms with Crippen LogP contribution in [0.15, 0.2) is 35.2 Å². The van der Waals surface area contributed by atoms with Gasteiger partial charge in [-0.1, -0.05) is 17.7 Å². The monoisotopic (exact) mass is 392 g/mol. The summed E-state index contributed by atoms with van der Waals surface area (Å²) in [6.07, 6.45) is 0. The fourth-order valence-corrected chi connectivity index (χ4v) is 3.77. The molecule has 0 fully saturated rings. The number of sulfonamides is 1. The van der Waals surface area contributed by atoms with E-state index in [-0.39, 0.29) is 10.7 Å². The topological polar surface area (TPSA) is 94.5 Å². The Labute approximate surface area is 159 Å². The lowest BCUT2D eigenvalue weighted by atomic mass is 10.1. The standard InChI is InChI=1S/C19H24N2O5S/c1-5-21-14(3)10-17(15(21)4)18(22)12-26-19(23)11-20-27(24,25)16-8-6-13(2)7-9-16/h6-10,20H,5,11-12H2,1-4H3. The smallest absolute Gasteiger partial charge is 0.321 e. The molecule has 7 nitrogen and oxygen atoms in total. The van der Waals surface area contributed by atoms with Gasteiger partial charge in [0.1, 0.15) is 6.54 Å². The molecule has 146 valence electrons. The van der Waals surface area contributed by atoms with Crippen molar-refractivity contribution in [2.45, 2.75) is 39.1 Å². The first-order chi connectivity index (χ1) is 12.7. The summed E-state index contributed by atoms with van der Waals surface area (Å²) in [6.45, 7) is 7.33. The third-order valence-electron chi connectivity index (χ3n) is 4.29. The Kier molecular flexibility index (Phi) is 6.56. The van der Waals surface area contributed by atoms with Gasteiger partial charge in [0.05, 0.1) is 4.90 Å². The molecule has 2 rings (SSSR count). The highest BCUT2D eigenvalue weighted by Crippen LogP contribution is 2.15. The van der Waals surface area contributed by atoms with Crippen LogP contribution in [0, 0.1) is 20.8 Å². The second kappa shape index (κ2) is 8.49. The lowest BCUT2D eigenvalue weighted by molar-refractivity contribution is -0.141. The number of rotatable bonds is 8. The first-order valence-corrected chi connectivity index (χ1v) is 10.1. The summed E-state index contributed by atoms with van der Waals surface area (Å²) in [7, 11) is -3.81. The van der Waals surface area contributed by atoms with E-state index < -0.39 is 29.1 Å². The third kappa shape index (κ3) is 5.05. The average molecular weight is 392 g/mol. The predicted molar refractivity (Wildman–Crippen MR) is 101 cm³/mol. The number of carbonyl (C=O) groups excluding carboxylic acids is 2. The highest BCUT2D eigenvalue weighted by molar-refractivity contribution is 7.89. The lowest BCUT2D eigenvalue weighted by Crippen LogP contribution is -2.31. The van der Waals surface area contributed by atoms with Gasteiger partial charge in [-0.15, -0.1) is 0 Å². The van der Waals surface area contributed by atoms with Gasteiger partial charge in [-0.25, -0.2) is 8.42 Å². The second-order valence-corrected chi connectivity index (χ2v) is 8.02. The van der Waals surface area contributed by atoms with Gasteiger partial charge in [0.2, 0.25) is 15.8 Å². The Balaban J connectivity index is 1.91. The summed E-state index contributed by atoms with van der Waals surface area (Å²) in [5.74, 6) is -1.14. The number of nitrogens with one attached hydrogen (secondary N) is 1. The maximum atomic E-state index is 12.3. The number of ether oxygens (including phenoxy) is 1. The molecular formula is C19H24N2O5S. The molecule has 0 amide bonds. The van der Waals surface area contributed by atoms with Crippen molar-refractivity contribution in [3.63, 3.8) is 0 Å². The fourth-order valence-electron chi connectivity index (χ4n) is 2.80. The zero-order valence-corrected chi connectivity index (χ0v) is 16.7. The van der Waals surface area contributed by atoms with E-state index in [1.165, 1.54) is 12.1 Å². The average Bonchev–Trinajstić information content (AvgIpc) is 2.92. The van der Waals surface area contributed by atoms with E-state index in [0.29, 0.717) is 5.56 Å². The summed E-state index contributed by atoms with van der Waals surface area (Å²) in [4.78, 5) is 24.2. The zero-order valence-electron chi connectivity index (χ0n) is 15.9. The molecule has 1 aromatic heterocycles. The normalized spacial score (nSPS) is 11.4. The number of aromatic nitrogens is 1. The number of hydrogen-bond donors (Lipinski definition) is 1. The van der Waals surface area contributed by atoms with Crippen LogP contribution in [0.4, 0.5) is 0 Å². The molecule has 0 aliphatic carbocycles. The van der Waals surface area contributed by atoms with E-state index in [1.54, 1.807) is 18.2 Å². The van der Waals surface area contributed by atoms with E-state index in [2.05, 4.69) is 4.72 Å². The SMILES string of the molecule is CCn1c(C)cc(C(=O)COC(=O)CNS(=O)(=O)c2ccc(C)cc2)c1C. The predicted octanol–water partition coefficient (Wildman–Crippen LogP) is 2.14. The van der Waals surface area contributed by atoms with Crippen molar-refractivity contribution in [2.75, 3.05) is 13.2 Å². The maximum absolute atomic E-state index is 12.3. The quantitative estimate of drug-likeness (QED) is 0.549. The van der Waals surface area contributed by atoms with E-state index in [4.69, 9.17) is 4.74 Å². The summed E-state index contributed by atoms with van der Waals surface area (Å²) < 4.78 is 33.4. The molecule has 0 spiro atoms. The van der Waals surface area contributed by atoms with Crippen LogP contribution in [0.25, 0.3) is 0 Å². The Morgan fingerprint density at radius 1 is 1.11 bits per heavy atom. The van der Waals surface area contributed by atoms with Gasteiger partial charge in [0.25, 0.3) is 0 Å². The molecule has 1 heterocycles. The van der Waals surface area contributed by atoms with Gasteiger partial charge in [-0.3, -0.25) is 9.59 Å². The molecular weight excluding hydrogens is 368 g/mol. The van der Waals surface area contributed by atoms with Crippen LogP contribution >= 0.6 is 0 Å². The van der Waals surface area contributed by atoms with Crippen LogP contribution in [0.5, 0.6) is 0 Å². The van der Waals surface area contributed by atoms with Crippen LogP contribution in [-0.4, -0.2) is 37.9 Å². The number of Topliss-reactive ketones (excluding diaryl/α,β-unsaturated/α-hetero) is 1. The highest BCUT2D eigenvalue weighted by Gasteiger charge is 2.19. The Hall–Kier alpha value is -2.45. The summed E-state index contributed by atoms with van der Waals surface area (Å²) in [5.41, 5.74) is 3.20. The molecule has 2 aromatic rings. The number of hydrogen-bond acceptors (Lipinski definition) is 5. The van der Waals surface area contributed by atoms with Gasteiger partial charge in [0, 0.05) is 23.5 Å². The van der Waals surface area contributed by atoms with Gasteiger partial charge in [-0.05, 0) is 45.9 Å². The molecule has 1 N–H and O–H groups in total. The van der Waals surface area contributed by atoms with Crippen LogP contribution in [0.3, 0.4) is 0 Å². The number of carbonyl (C=O) groups is 2. The summed E-state index contributed by atoms with van der Waals surface area (Å²) in [6, 6.07) is 8.00. The molecule has 1 aromatic carbocycles. The van der Waals surface area contributed by atoms with Gasteiger partial charge in [-0.2, -0.15) is 4.72 Å². The Morgan fingerprint density at radius 3 is 2.30 bits per heavy atom. The number of aryl methyl sites for hydroxylation is 2. The van der Waals surface area contributed by atoms with Crippen molar-refractivity contribution in [1.29, 1.82) is 0 Å². The molecule has 0 aliphatic rings. The molecule has 0 bridgehead atoms. The molecule has 0 saturated carbocycles. The van der Waals surface area contributed by atoms with E-state index in [1.807, 2.05) is 32.3 Å². The van der Waals surface area contributed by atoms with Crippen LogP contribution in [0.1, 0.15) is 34.2 Å². The van der Waals surface area contributed by atoms with Crippen LogP contribution < -0.4 is 4.72 Å². The van der Waals surface area contributed by atoms with E-state index in [0.717, 1.165) is 23.5 Å². The maximum Gasteiger partial charge on any atom is 0.321 e. The zero-order chi connectivity index (χ0) is 20.2. The van der Waals surface area contributed by atoms with Gasteiger partial charge < -0.3 is 9.30 Å². The highest BCUT2D eigenvalue weighted by atomic mass is 32.2. The Bertz CT molecular complexity index is 943. The molecule has 0 atom stereocenters. The summed E-state index contributed by atoms with van der Waals surface area (Å²) >= 11 is 0. The Morgan fingerprint density at radius 2 is 1.74 bits per heavy atom. The van der Waals surface area contributed by atoms with Crippen LogP contribution in [0.2, 0.25) is 0 Å². The number of nitrogens with zero attached hydrogens (tertiary/aromatic N) is 1. The first-order valence-electron chi connectivity index (χ1n) is 8.57. The first kappa shape index (κ1) is 20.9. The minimum Gasteiger partial charge on any atom is -0.456 e. The minimum atomic E-state index is -3.81. The molecule has 0 radical (unpaired) electrons. The van der Waals surface area contributed by atoms with E-state index in [9.17, 15) is 18.0 Å². The fraction of sp³-hybridized carbons (Fsp3) is 0.368. The van der Waals surface area contributed by atoms with Crippen molar-refractivity contribution in [2.24, 2.45) is 0 Å². The number of ketones is 1. The molecule has 0 aliphatic heterocycles. The van der Waals surface area contributed by atoms with Gasteiger partial charge in [0.15, 0.2) is 6.61 Å². The molecule has 8 heteroatoms.